The Morgan fingerprint density at radius 1 is 0.514 bits per heavy atom. The lowest BCUT2D eigenvalue weighted by Crippen LogP contribution is -1.96. The minimum atomic E-state index is 0.792. The number of hydrogen-bond donors (Lipinski definition) is 0. The van der Waals surface area contributed by atoms with Crippen LogP contribution in [0.25, 0.3) is 24.3 Å². The van der Waals surface area contributed by atoms with E-state index in [9.17, 15) is 0 Å². The molecule has 0 spiro atoms. The van der Waals surface area contributed by atoms with E-state index >= 15 is 0 Å². The Balaban J connectivity index is 1.53. The van der Waals surface area contributed by atoms with Crippen LogP contribution in [0.4, 0.5) is 0 Å². The van der Waals surface area contributed by atoms with Crippen LogP contribution >= 0.6 is 15.9 Å². The highest BCUT2D eigenvalue weighted by Gasteiger charge is 1.99. The van der Waals surface area contributed by atoms with Gasteiger partial charge in [-0.1, -0.05) is 117 Å². The number of rotatable bonds is 16. The Bertz CT molecular complexity index is 1010. The van der Waals surface area contributed by atoms with Crippen LogP contribution in [0.15, 0.2) is 71.2 Å². The molecule has 0 aromatic heterocycles. The first-order valence-electron chi connectivity index (χ1n) is 13.8. The number of unbranched alkanes of at least 4 members (excludes halogenated alkanes) is 6. The molecule has 0 unspecified atom stereocenters. The third-order valence-corrected chi connectivity index (χ3v) is 6.63. The third kappa shape index (κ3) is 11.4. The minimum absolute atomic E-state index is 0.792. The normalized spacial score (nSPS) is 11.4. The van der Waals surface area contributed by atoms with Gasteiger partial charge >= 0.3 is 0 Å². The summed E-state index contributed by atoms with van der Waals surface area (Å²) in [4.78, 5) is 0. The number of benzene rings is 3. The second-order valence-corrected chi connectivity index (χ2v) is 10.4. The van der Waals surface area contributed by atoms with Crippen molar-refractivity contribution in [2.75, 3.05) is 13.2 Å². The van der Waals surface area contributed by atoms with Crippen LogP contribution in [0.2, 0.25) is 0 Å². The van der Waals surface area contributed by atoms with Crippen molar-refractivity contribution in [3.05, 3.63) is 93.5 Å². The zero-order chi connectivity index (χ0) is 26.1. The van der Waals surface area contributed by atoms with E-state index < -0.39 is 0 Å². The van der Waals surface area contributed by atoms with Gasteiger partial charge in [0.1, 0.15) is 11.5 Å². The van der Waals surface area contributed by atoms with E-state index in [1.165, 1.54) is 38.5 Å². The maximum absolute atomic E-state index is 5.86. The Labute approximate surface area is 232 Å². The van der Waals surface area contributed by atoms with Crippen LogP contribution in [0.3, 0.4) is 0 Å². The van der Waals surface area contributed by atoms with Gasteiger partial charge in [-0.15, -0.1) is 0 Å². The molecular formula is C34H41BrO2. The van der Waals surface area contributed by atoms with Crippen molar-refractivity contribution >= 4 is 40.2 Å². The van der Waals surface area contributed by atoms with Crippen molar-refractivity contribution in [3.8, 4) is 11.5 Å². The molecule has 0 bridgehead atoms. The summed E-state index contributed by atoms with van der Waals surface area (Å²) in [5.74, 6) is 1.88. The molecule has 3 rings (SSSR count). The molecule has 196 valence electrons. The number of hydrogen-bond acceptors (Lipinski definition) is 2. The van der Waals surface area contributed by atoms with E-state index in [0.29, 0.717) is 0 Å². The van der Waals surface area contributed by atoms with Crippen LogP contribution < -0.4 is 9.47 Å². The maximum Gasteiger partial charge on any atom is 0.119 e. The van der Waals surface area contributed by atoms with E-state index in [4.69, 9.17) is 9.47 Å². The van der Waals surface area contributed by atoms with Crippen molar-refractivity contribution in [3.63, 3.8) is 0 Å². The molecule has 3 aromatic carbocycles. The summed E-state index contributed by atoms with van der Waals surface area (Å²) >= 11 is 3.66. The zero-order valence-electron chi connectivity index (χ0n) is 22.4. The van der Waals surface area contributed by atoms with E-state index in [-0.39, 0.29) is 0 Å². The second kappa shape index (κ2) is 16.9. The van der Waals surface area contributed by atoms with Crippen LogP contribution in [0.5, 0.6) is 11.5 Å². The lowest BCUT2D eigenvalue weighted by Gasteiger charge is -2.06. The summed E-state index contributed by atoms with van der Waals surface area (Å²) in [6, 6.07) is 23.1. The molecule has 0 aliphatic heterocycles. The summed E-state index contributed by atoms with van der Waals surface area (Å²) in [6.07, 6.45) is 18.3. The van der Waals surface area contributed by atoms with Crippen molar-refractivity contribution in [2.45, 2.75) is 65.2 Å². The quantitative estimate of drug-likeness (QED) is 0.128. The molecule has 0 aliphatic rings. The van der Waals surface area contributed by atoms with Crippen LogP contribution in [-0.4, -0.2) is 13.2 Å². The average Bonchev–Trinajstić information content (AvgIpc) is 2.91. The average molecular weight is 562 g/mol. The monoisotopic (exact) mass is 560 g/mol. The molecule has 3 heteroatoms. The molecule has 0 radical (unpaired) electrons. The topological polar surface area (TPSA) is 18.5 Å². The van der Waals surface area contributed by atoms with Crippen LogP contribution in [0, 0.1) is 0 Å². The molecule has 0 saturated carbocycles. The summed E-state index contributed by atoms with van der Waals surface area (Å²) in [5.41, 5.74) is 4.61. The smallest absolute Gasteiger partial charge is 0.119 e. The van der Waals surface area contributed by atoms with Gasteiger partial charge in [-0.2, -0.15) is 0 Å². The van der Waals surface area contributed by atoms with Crippen molar-refractivity contribution < 1.29 is 9.47 Å². The van der Waals surface area contributed by atoms with Gasteiger partial charge in [0.15, 0.2) is 0 Å². The summed E-state index contributed by atoms with van der Waals surface area (Å²) < 4.78 is 12.8. The standard InChI is InChI=1S/C34H41BrO2/c1-3-5-7-9-23-36-33-19-15-28(16-20-33)11-13-30-25-31(27-32(35)26-30)14-12-29-17-21-34(22-18-29)37-24-10-8-6-4-2/h11-22,25-27H,3-10,23-24H2,1-2H3/b13-11+,14-12+. The highest BCUT2D eigenvalue weighted by molar-refractivity contribution is 9.10. The van der Waals surface area contributed by atoms with Gasteiger partial charge < -0.3 is 9.47 Å². The zero-order valence-corrected chi connectivity index (χ0v) is 24.0. The lowest BCUT2D eigenvalue weighted by molar-refractivity contribution is 0.305. The molecule has 0 atom stereocenters. The molecule has 0 fully saturated rings. The summed E-state index contributed by atoms with van der Waals surface area (Å²) in [5, 5.41) is 0. The Kier molecular flexibility index (Phi) is 13.1. The predicted octanol–water partition coefficient (Wildman–Crippen LogP) is 10.7. The van der Waals surface area contributed by atoms with E-state index in [1.807, 2.05) is 0 Å². The third-order valence-electron chi connectivity index (χ3n) is 6.17. The van der Waals surface area contributed by atoms with Gasteiger partial charge in [0.2, 0.25) is 0 Å². The molecule has 0 amide bonds. The molecule has 0 aliphatic carbocycles. The van der Waals surface area contributed by atoms with Crippen molar-refractivity contribution in [1.82, 2.24) is 0 Å². The summed E-state index contributed by atoms with van der Waals surface area (Å²) in [7, 11) is 0. The fraction of sp³-hybridized carbons (Fsp3) is 0.353. The fourth-order valence-corrected chi connectivity index (χ4v) is 4.53. The number of halogens is 1. The minimum Gasteiger partial charge on any atom is -0.494 e. The molecule has 0 heterocycles. The Morgan fingerprint density at radius 3 is 1.32 bits per heavy atom. The number of ether oxygens (including phenoxy) is 2. The Morgan fingerprint density at radius 2 is 0.919 bits per heavy atom. The molecule has 3 aromatic rings. The predicted molar refractivity (Wildman–Crippen MR) is 164 cm³/mol. The molecule has 0 saturated heterocycles. The highest BCUT2D eigenvalue weighted by atomic mass is 79.9. The fourth-order valence-electron chi connectivity index (χ4n) is 4.00. The first-order valence-corrected chi connectivity index (χ1v) is 14.6. The van der Waals surface area contributed by atoms with Gasteiger partial charge in [-0.3, -0.25) is 0 Å². The van der Waals surface area contributed by atoms with Crippen LogP contribution in [0.1, 0.15) is 87.5 Å². The second-order valence-electron chi connectivity index (χ2n) is 9.44. The van der Waals surface area contributed by atoms with Crippen molar-refractivity contribution in [2.24, 2.45) is 0 Å². The van der Waals surface area contributed by atoms with Gasteiger partial charge in [-0.05, 0) is 77.6 Å². The first kappa shape index (κ1) is 28.8. The van der Waals surface area contributed by atoms with Gasteiger partial charge in [0.05, 0.1) is 13.2 Å². The first-order chi connectivity index (χ1) is 18.2. The largest absolute Gasteiger partial charge is 0.494 e. The lowest BCUT2D eigenvalue weighted by atomic mass is 10.1. The van der Waals surface area contributed by atoms with Gasteiger partial charge in [0, 0.05) is 4.47 Å². The molecule has 2 nitrogen and oxygen atoms in total. The van der Waals surface area contributed by atoms with Crippen LogP contribution in [-0.2, 0) is 0 Å². The molecule has 0 N–H and O–H groups in total. The van der Waals surface area contributed by atoms with Gasteiger partial charge in [-0.25, -0.2) is 0 Å². The summed E-state index contributed by atoms with van der Waals surface area (Å²) in [6.45, 7) is 6.04. The van der Waals surface area contributed by atoms with E-state index in [0.717, 1.165) is 64.3 Å². The van der Waals surface area contributed by atoms with Gasteiger partial charge in [0.25, 0.3) is 0 Å². The molecular weight excluding hydrogens is 520 g/mol. The Hall–Kier alpha value is -2.78. The van der Waals surface area contributed by atoms with Crippen molar-refractivity contribution in [1.29, 1.82) is 0 Å². The van der Waals surface area contributed by atoms with E-state index in [2.05, 4.69) is 121 Å². The molecule has 37 heavy (non-hydrogen) atoms. The maximum atomic E-state index is 5.86. The highest BCUT2D eigenvalue weighted by Crippen LogP contribution is 2.22. The van der Waals surface area contributed by atoms with E-state index in [1.54, 1.807) is 0 Å². The SMILES string of the molecule is CCCCCCOc1ccc(/C=C/c2cc(Br)cc(/C=C/c3ccc(OCCCCCC)cc3)c2)cc1.